The molecule has 0 radical (unpaired) electrons. The van der Waals surface area contributed by atoms with Crippen LogP contribution in [0.2, 0.25) is 0 Å². The molecule has 0 atom stereocenters. The van der Waals surface area contributed by atoms with Gasteiger partial charge in [-0.05, 0) is 35.3 Å². The number of aliphatic carboxylic acids is 1. The Bertz CT molecular complexity index is 829. The van der Waals surface area contributed by atoms with Gasteiger partial charge in [-0.2, -0.15) is 0 Å². The normalized spacial score (nSPS) is 11.4. The molecule has 0 aliphatic rings. The summed E-state index contributed by atoms with van der Waals surface area (Å²) in [5.74, 6) is 0.433. The minimum atomic E-state index is -0.676. The molecule has 3 heteroatoms. The Morgan fingerprint density at radius 2 is 0.939 bits per heavy atom. The Morgan fingerprint density at radius 1 is 0.576 bits per heavy atom. The zero-order chi connectivity index (χ0) is 23.2. The molecule has 3 rings (SSSR count). The van der Waals surface area contributed by atoms with Crippen molar-refractivity contribution in [1.29, 1.82) is 0 Å². The summed E-state index contributed by atoms with van der Waals surface area (Å²) in [5.41, 5.74) is 3.98. The topological polar surface area (TPSA) is 37.3 Å². The van der Waals surface area contributed by atoms with Crippen LogP contribution in [0.25, 0.3) is 0 Å². The quantitative estimate of drug-likeness (QED) is 0.183. The third-order valence-electron chi connectivity index (χ3n) is 6.14. The molecule has 0 spiro atoms. The van der Waals surface area contributed by atoms with E-state index in [0.29, 0.717) is 6.42 Å². The summed E-state index contributed by atoms with van der Waals surface area (Å²) in [6.45, 7) is 0. The van der Waals surface area contributed by atoms with Gasteiger partial charge < -0.3 is 5.11 Å². The molecule has 0 bridgehead atoms. The van der Waals surface area contributed by atoms with E-state index in [-0.39, 0.29) is 4.75 Å². The second-order valence-corrected chi connectivity index (χ2v) is 9.91. The van der Waals surface area contributed by atoms with Crippen molar-refractivity contribution in [2.24, 2.45) is 0 Å². The molecule has 0 saturated carbocycles. The molecule has 0 fully saturated rings. The fourth-order valence-corrected chi connectivity index (χ4v) is 6.00. The molecule has 3 aromatic rings. The number of carboxylic acid groups (broad SMARTS) is 1. The van der Waals surface area contributed by atoms with Crippen molar-refractivity contribution in [3.63, 3.8) is 0 Å². The summed E-state index contributed by atoms with van der Waals surface area (Å²) in [6.07, 6.45) is 9.49. The lowest BCUT2D eigenvalue weighted by molar-refractivity contribution is -0.137. The number of thioether (sulfide) groups is 1. The standard InChI is InChI=1S/C30H36O2S/c31-29(32)24-16-5-3-1-2-4-6-17-25-33-30(26-18-10-7-11-19-26,27-20-12-8-13-21-27)28-22-14-9-15-23-28/h7-15,18-23H,1-6,16-17,24-25H2,(H,31,32). The number of rotatable bonds is 15. The van der Waals surface area contributed by atoms with Gasteiger partial charge in [0.2, 0.25) is 0 Å². The number of hydrogen-bond donors (Lipinski definition) is 1. The molecule has 33 heavy (non-hydrogen) atoms. The molecule has 0 unspecified atom stereocenters. The number of carbonyl (C=O) groups is 1. The van der Waals surface area contributed by atoms with Crippen LogP contribution in [0.1, 0.15) is 74.5 Å². The Balaban J connectivity index is 1.60. The van der Waals surface area contributed by atoms with Crippen LogP contribution in [-0.4, -0.2) is 16.8 Å². The summed E-state index contributed by atoms with van der Waals surface area (Å²) >= 11 is 2.05. The average molecular weight is 461 g/mol. The maximum atomic E-state index is 10.6. The van der Waals surface area contributed by atoms with Crippen LogP contribution in [0.4, 0.5) is 0 Å². The van der Waals surface area contributed by atoms with Crippen LogP contribution in [0.15, 0.2) is 91.0 Å². The van der Waals surface area contributed by atoms with Gasteiger partial charge in [0.25, 0.3) is 0 Å². The first kappa shape index (κ1) is 25.1. The largest absolute Gasteiger partial charge is 0.481 e. The molecule has 174 valence electrons. The van der Waals surface area contributed by atoms with Gasteiger partial charge in [-0.3, -0.25) is 4.79 Å². The maximum Gasteiger partial charge on any atom is 0.303 e. The van der Waals surface area contributed by atoms with Crippen molar-refractivity contribution in [2.45, 2.75) is 62.5 Å². The van der Waals surface area contributed by atoms with E-state index in [9.17, 15) is 4.79 Å². The number of hydrogen-bond acceptors (Lipinski definition) is 2. The molecule has 0 aliphatic carbocycles. The van der Waals surface area contributed by atoms with Crippen LogP contribution in [0, 0.1) is 0 Å². The minimum absolute atomic E-state index is 0.214. The third-order valence-corrected chi connectivity index (χ3v) is 7.78. The molecule has 0 aliphatic heterocycles. The molecule has 0 amide bonds. The first-order valence-corrected chi connectivity index (χ1v) is 13.2. The van der Waals surface area contributed by atoms with Crippen molar-refractivity contribution in [2.75, 3.05) is 5.75 Å². The SMILES string of the molecule is O=C(O)CCCCCCCCCCSC(c1ccccc1)(c1ccccc1)c1ccccc1. The molecule has 2 nitrogen and oxygen atoms in total. The van der Waals surface area contributed by atoms with E-state index < -0.39 is 5.97 Å². The van der Waals surface area contributed by atoms with Gasteiger partial charge in [0.15, 0.2) is 0 Å². The average Bonchev–Trinajstić information content (AvgIpc) is 2.86. The third kappa shape index (κ3) is 7.50. The van der Waals surface area contributed by atoms with Crippen molar-refractivity contribution in [1.82, 2.24) is 0 Å². The highest BCUT2D eigenvalue weighted by molar-refractivity contribution is 8.00. The highest BCUT2D eigenvalue weighted by Gasteiger charge is 2.36. The predicted octanol–water partition coefficient (Wildman–Crippen LogP) is 8.31. The summed E-state index contributed by atoms with van der Waals surface area (Å²) in [4.78, 5) is 10.6. The smallest absolute Gasteiger partial charge is 0.303 e. The molecule has 0 heterocycles. The molecule has 0 saturated heterocycles. The highest BCUT2D eigenvalue weighted by Crippen LogP contribution is 2.48. The number of carboxylic acids is 1. The predicted molar refractivity (Wildman–Crippen MR) is 141 cm³/mol. The van der Waals surface area contributed by atoms with E-state index in [1.54, 1.807) is 0 Å². The first-order chi connectivity index (χ1) is 16.2. The summed E-state index contributed by atoms with van der Waals surface area (Å²) in [7, 11) is 0. The molecular weight excluding hydrogens is 424 g/mol. The molecular formula is C30H36O2S. The Morgan fingerprint density at radius 3 is 1.33 bits per heavy atom. The van der Waals surface area contributed by atoms with Crippen molar-refractivity contribution in [3.05, 3.63) is 108 Å². The summed E-state index contributed by atoms with van der Waals surface area (Å²) in [6, 6.07) is 32.7. The molecule has 0 aromatic heterocycles. The van der Waals surface area contributed by atoms with E-state index in [1.807, 2.05) is 0 Å². The minimum Gasteiger partial charge on any atom is -0.481 e. The lowest BCUT2D eigenvalue weighted by atomic mass is 9.84. The summed E-state index contributed by atoms with van der Waals surface area (Å²) < 4.78 is -0.214. The van der Waals surface area contributed by atoms with Crippen LogP contribution in [-0.2, 0) is 9.54 Å². The van der Waals surface area contributed by atoms with Gasteiger partial charge in [0, 0.05) is 6.42 Å². The summed E-state index contributed by atoms with van der Waals surface area (Å²) in [5, 5.41) is 8.71. The number of unbranched alkanes of at least 4 members (excludes halogenated alkanes) is 7. The van der Waals surface area contributed by atoms with Crippen molar-refractivity contribution >= 4 is 17.7 Å². The Hall–Kier alpha value is -2.52. The molecule has 3 aromatic carbocycles. The Kier molecular flexibility index (Phi) is 10.6. The first-order valence-electron chi connectivity index (χ1n) is 12.3. The van der Waals surface area contributed by atoms with E-state index in [4.69, 9.17) is 5.11 Å². The van der Waals surface area contributed by atoms with Crippen LogP contribution < -0.4 is 0 Å². The van der Waals surface area contributed by atoms with E-state index in [0.717, 1.165) is 25.0 Å². The van der Waals surface area contributed by atoms with E-state index in [1.165, 1.54) is 48.8 Å². The fraction of sp³-hybridized carbons (Fsp3) is 0.367. The van der Waals surface area contributed by atoms with Gasteiger partial charge in [-0.25, -0.2) is 0 Å². The van der Waals surface area contributed by atoms with Crippen molar-refractivity contribution in [3.8, 4) is 0 Å². The van der Waals surface area contributed by atoms with Crippen molar-refractivity contribution < 1.29 is 9.90 Å². The number of benzene rings is 3. The Labute approximate surface area is 203 Å². The molecule has 1 N–H and O–H groups in total. The van der Waals surface area contributed by atoms with Crippen LogP contribution in [0.3, 0.4) is 0 Å². The lowest BCUT2D eigenvalue weighted by Crippen LogP contribution is -2.26. The second-order valence-electron chi connectivity index (χ2n) is 8.60. The zero-order valence-corrected chi connectivity index (χ0v) is 20.3. The lowest BCUT2D eigenvalue weighted by Gasteiger charge is -2.35. The maximum absolute atomic E-state index is 10.6. The van der Waals surface area contributed by atoms with Gasteiger partial charge >= 0.3 is 5.97 Å². The van der Waals surface area contributed by atoms with Gasteiger partial charge in [-0.15, -0.1) is 11.8 Å². The monoisotopic (exact) mass is 460 g/mol. The van der Waals surface area contributed by atoms with Gasteiger partial charge in [0.05, 0.1) is 4.75 Å². The van der Waals surface area contributed by atoms with Gasteiger partial charge in [-0.1, -0.05) is 130 Å². The fourth-order valence-electron chi connectivity index (χ4n) is 4.43. The second kappa shape index (κ2) is 13.9. The zero-order valence-electron chi connectivity index (χ0n) is 19.5. The van der Waals surface area contributed by atoms with Crippen LogP contribution in [0.5, 0.6) is 0 Å². The van der Waals surface area contributed by atoms with Crippen LogP contribution >= 0.6 is 11.8 Å². The highest BCUT2D eigenvalue weighted by atomic mass is 32.2. The van der Waals surface area contributed by atoms with E-state index in [2.05, 4.69) is 103 Å². The van der Waals surface area contributed by atoms with E-state index >= 15 is 0 Å². The van der Waals surface area contributed by atoms with Gasteiger partial charge in [0.1, 0.15) is 0 Å².